The molecule has 0 spiro atoms. The summed E-state index contributed by atoms with van der Waals surface area (Å²) in [5, 5.41) is 0. The Hall–Kier alpha value is -2.55. The molecule has 146 valence electrons. The number of pyridine rings is 1. The summed E-state index contributed by atoms with van der Waals surface area (Å²) in [6.45, 7) is 2.90. The number of hydrogen-bond donors (Lipinski definition) is 1. The van der Waals surface area contributed by atoms with Crippen LogP contribution in [0.1, 0.15) is 17.4 Å². The normalized spacial score (nSPS) is 18.2. The highest BCUT2D eigenvalue weighted by Gasteiger charge is 2.27. The van der Waals surface area contributed by atoms with Crippen LogP contribution in [0.2, 0.25) is 0 Å². The van der Waals surface area contributed by atoms with Crippen LogP contribution in [-0.2, 0) is 21.1 Å². The summed E-state index contributed by atoms with van der Waals surface area (Å²) in [6, 6.07) is 10.9. The van der Waals surface area contributed by atoms with Crippen LogP contribution in [0.5, 0.6) is 0 Å². The number of sulfone groups is 1. The molecule has 3 aromatic rings. The van der Waals surface area contributed by atoms with E-state index in [1.807, 2.05) is 12.1 Å². The highest BCUT2D eigenvalue weighted by atomic mass is 32.2. The molecule has 1 aliphatic heterocycles. The van der Waals surface area contributed by atoms with Gasteiger partial charge >= 0.3 is 0 Å². The van der Waals surface area contributed by atoms with Gasteiger partial charge in [0, 0.05) is 31.7 Å². The summed E-state index contributed by atoms with van der Waals surface area (Å²) >= 11 is 0. The predicted octanol–water partition coefficient (Wildman–Crippen LogP) is 2.45. The molecule has 4 rings (SSSR count). The summed E-state index contributed by atoms with van der Waals surface area (Å²) in [5.41, 5.74) is 2.94. The molecule has 3 heterocycles. The zero-order chi connectivity index (χ0) is 19.6. The molecule has 1 saturated heterocycles. The molecular formula is C20H22N4O3S. The van der Waals surface area contributed by atoms with E-state index in [2.05, 4.69) is 19.9 Å². The zero-order valence-electron chi connectivity index (χ0n) is 15.6. The third kappa shape index (κ3) is 4.14. The van der Waals surface area contributed by atoms with Crippen LogP contribution in [0.3, 0.4) is 0 Å². The second-order valence-electron chi connectivity index (χ2n) is 6.90. The van der Waals surface area contributed by atoms with Crippen molar-refractivity contribution in [1.29, 1.82) is 0 Å². The van der Waals surface area contributed by atoms with Gasteiger partial charge in [0.25, 0.3) is 0 Å². The van der Waals surface area contributed by atoms with Gasteiger partial charge in [-0.2, -0.15) is 0 Å². The van der Waals surface area contributed by atoms with E-state index >= 15 is 0 Å². The lowest BCUT2D eigenvalue weighted by molar-refractivity contribution is -0.0156. The summed E-state index contributed by atoms with van der Waals surface area (Å²) < 4.78 is 29.0. The molecule has 8 heteroatoms. The number of nitrogens with one attached hydrogen (secondary N) is 1. The monoisotopic (exact) mass is 398 g/mol. The molecule has 0 amide bonds. The van der Waals surface area contributed by atoms with Crippen molar-refractivity contribution in [3.8, 4) is 11.3 Å². The van der Waals surface area contributed by atoms with Gasteiger partial charge in [-0.3, -0.25) is 9.88 Å². The fourth-order valence-corrected chi connectivity index (χ4v) is 3.97. The SMILES string of the molecule is CS(=O)(=O)c1ccc(-c2cnc(C3COCCN3Cc3ccncc3)[nH]2)cc1. The number of ether oxygens (including phenoxy) is 1. The number of hydrogen-bond acceptors (Lipinski definition) is 6. The minimum absolute atomic E-state index is 0.0333. The molecule has 1 unspecified atom stereocenters. The van der Waals surface area contributed by atoms with Gasteiger partial charge in [0.1, 0.15) is 5.82 Å². The predicted molar refractivity (Wildman–Crippen MR) is 105 cm³/mol. The number of aromatic amines is 1. The number of morpholine rings is 1. The summed E-state index contributed by atoms with van der Waals surface area (Å²) in [7, 11) is -3.20. The van der Waals surface area contributed by atoms with Gasteiger partial charge in [0.15, 0.2) is 9.84 Å². The lowest BCUT2D eigenvalue weighted by Gasteiger charge is -2.34. The van der Waals surface area contributed by atoms with Crippen LogP contribution in [0.25, 0.3) is 11.3 Å². The van der Waals surface area contributed by atoms with Crippen molar-refractivity contribution in [1.82, 2.24) is 19.9 Å². The first-order valence-electron chi connectivity index (χ1n) is 9.07. The number of benzene rings is 1. The van der Waals surface area contributed by atoms with Gasteiger partial charge in [-0.1, -0.05) is 12.1 Å². The standard InChI is InChI=1S/C20H22N4O3S/c1-28(25,26)17-4-2-16(3-5-17)18-12-22-20(23-18)19-14-27-11-10-24(19)13-15-6-8-21-9-7-15/h2-9,12,19H,10-11,13-14H2,1H3,(H,22,23). The number of H-pyrrole nitrogens is 1. The topological polar surface area (TPSA) is 88.2 Å². The van der Waals surface area contributed by atoms with Crippen molar-refractivity contribution in [3.63, 3.8) is 0 Å². The zero-order valence-corrected chi connectivity index (χ0v) is 16.4. The van der Waals surface area contributed by atoms with Crippen LogP contribution >= 0.6 is 0 Å². The average Bonchev–Trinajstić information content (AvgIpc) is 3.19. The van der Waals surface area contributed by atoms with Gasteiger partial charge < -0.3 is 9.72 Å². The minimum atomic E-state index is -3.20. The summed E-state index contributed by atoms with van der Waals surface area (Å²) in [5.74, 6) is 0.843. The van der Waals surface area contributed by atoms with Crippen molar-refractivity contribution in [2.24, 2.45) is 0 Å². The van der Waals surface area contributed by atoms with E-state index in [0.717, 1.165) is 30.2 Å². The molecule has 1 fully saturated rings. The van der Waals surface area contributed by atoms with Gasteiger partial charge in [0.05, 0.1) is 36.0 Å². The van der Waals surface area contributed by atoms with E-state index in [-0.39, 0.29) is 6.04 Å². The van der Waals surface area contributed by atoms with Gasteiger partial charge in [-0.25, -0.2) is 13.4 Å². The van der Waals surface area contributed by atoms with E-state index < -0.39 is 9.84 Å². The maximum Gasteiger partial charge on any atom is 0.175 e. The van der Waals surface area contributed by atoms with Crippen LogP contribution in [0, 0.1) is 0 Å². The van der Waals surface area contributed by atoms with E-state index in [9.17, 15) is 8.42 Å². The Morgan fingerprint density at radius 1 is 1.18 bits per heavy atom. The smallest absolute Gasteiger partial charge is 0.175 e. The first-order valence-corrected chi connectivity index (χ1v) is 11.0. The lowest BCUT2D eigenvalue weighted by atomic mass is 10.1. The van der Waals surface area contributed by atoms with Gasteiger partial charge in [-0.05, 0) is 35.4 Å². The molecule has 7 nitrogen and oxygen atoms in total. The van der Waals surface area contributed by atoms with Gasteiger partial charge in [-0.15, -0.1) is 0 Å². The summed E-state index contributed by atoms with van der Waals surface area (Å²) in [6.07, 6.45) is 6.59. The van der Waals surface area contributed by atoms with E-state index in [4.69, 9.17) is 4.74 Å². The molecule has 1 N–H and O–H groups in total. The average molecular weight is 398 g/mol. The number of aromatic nitrogens is 3. The first-order chi connectivity index (χ1) is 13.5. The second-order valence-corrected chi connectivity index (χ2v) is 8.91. The largest absolute Gasteiger partial charge is 0.378 e. The molecule has 0 aliphatic carbocycles. The van der Waals surface area contributed by atoms with E-state index in [1.165, 1.54) is 11.8 Å². The van der Waals surface area contributed by atoms with Crippen molar-refractivity contribution in [2.75, 3.05) is 26.0 Å². The molecule has 1 atom stereocenters. The lowest BCUT2D eigenvalue weighted by Crippen LogP contribution is -2.39. The number of imidazole rings is 1. The van der Waals surface area contributed by atoms with Gasteiger partial charge in [0.2, 0.25) is 0 Å². The maximum absolute atomic E-state index is 11.6. The van der Waals surface area contributed by atoms with Crippen LogP contribution in [0.4, 0.5) is 0 Å². The van der Waals surface area contributed by atoms with Crippen molar-refractivity contribution in [3.05, 3.63) is 66.4 Å². The van der Waals surface area contributed by atoms with Crippen molar-refractivity contribution >= 4 is 9.84 Å². The Morgan fingerprint density at radius 2 is 1.93 bits per heavy atom. The Kier molecular flexibility index (Phi) is 5.25. The molecule has 0 saturated carbocycles. The first kappa shape index (κ1) is 18.8. The minimum Gasteiger partial charge on any atom is -0.378 e. The molecular weight excluding hydrogens is 376 g/mol. The highest BCUT2D eigenvalue weighted by Crippen LogP contribution is 2.27. The molecule has 0 radical (unpaired) electrons. The molecule has 28 heavy (non-hydrogen) atoms. The Morgan fingerprint density at radius 3 is 2.64 bits per heavy atom. The Balaban J connectivity index is 1.55. The third-order valence-corrected chi connectivity index (χ3v) is 6.01. The molecule has 2 aromatic heterocycles. The quantitative estimate of drug-likeness (QED) is 0.710. The molecule has 0 bridgehead atoms. The highest BCUT2D eigenvalue weighted by molar-refractivity contribution is 7.90. The third-order valence-electron chi connectivity index (χ3n) is 4.88. The summed E-state index contributed by atoms with van der Waals surface area (Å²) in [4.78, 5) is 14.7. The maximum atomic E-state index is 11.6. The van der Waals surface area contributed by atoms with E-state index in [0.29, 0.717) is 18.1 Å². The number of nitrogens with zero attached hydrogens (tertiary/aromatic N) is 3. The fraction of sp³-hybridized carbons (Fsp3) is 0.300. The molecule has 1 aromatic carbocycles. The second kappa shape index (κ2) is 7.83. The van der Waals surface area contributed by atoms with Crippen molar-refractivity contribution < 1.29 is 13.2 Å². The van der Waals surface area contributed by atoms with Crippen LogP contribution in [0.15, 0.2) is 59.9 Å². The Labute approximate surface area is 164 Å². The van der Waals surface area contributed by atoms with Crippen LogP contribution in [-0.4, -0.2) is 54.3 Å². The van der Waals surface area contributed by atoms with Crippen LogP contribution < -0.4 is 0 Å². The Bertz CT molecular complexity index is 1030. The van der Waals surface area contributed by atoms with E-state index in [1.54, 1.807) is 42.9 Å². The fourth-order valence-electron chi connectivity index (χ4n) is 3.34. The number of rotatable bonds is 5. The molecule has 1 aliphatic rings. The van der Waals surface area contributed by atoms with Crippen molar-refractivity contribution in [2.45, 2.75) is 17.5 Å².